The van der Waals surface area contributed by atoms with Crippen LogP contribution in [0.3, 0.4) is 0 Å². The number of carbonyl (C=O) groups is 2. The van der Waals surface area contributed by atoms with Crippen LogP contribution in [0, 0.1) is 0 Å². The molecular weight excluding hydrogens is 346 g/mol. The molecule has 0 bridgehead atoms. The predicted molar refractivity (Wildman–Crippen MR) is 104 cm³/mol. The van der Waals surface area contributed by atoms with Crippen LogP contribution in [-0.4, -0.2) is 27.6 Å². The second-order valence-corrected chi connectivity index (χ2v) is 8.77. The second kappa shape index (κ2) is 7.50. The number of anilines is 1. The van der Waals surface area contributed by atoms with Gasteiger partial charge in [0.2, 0.25) is 11.8 Å². The third-order valence-corrected chi connectivity index (χ3v) is 5.58. The zero-order valence-electron chi connectivity index (χ0n) is 15.2. The number of amides is 2. The van der Waals surface area contributed by atoms with Crippen molar-refractivity contribution in [3.63, 3.8) is 0 Å². The molecule has 1 aromatic heterocycles. The lowest BCUT2D eigenvalue weighted by Crippen LogP contribution is -2.48. The largest absolute Gasteiger partial charge is 0.350 e. The number of para-hydroxylation sites is 1. The highest BCUT2D eigenvalue weighted by Crippen LogP contribution is 2.44. The molecular formula is C20H23N3O2S. The molecule has 0 saturated carbocycles. The number of thioether (sulfide) groups is 1. The Hall–Kier alpha value is -2.34. The summed E-state index contributed by atoms with van der Waals surface area (Å²) in [6, 6.07) is 10.9. The number of hydrogen-bond acceptors (Lipinski definition) is 4. The van der Waals surface area contributed by atoms with Gasteiger partial charge in [-0.15, -0.1) is 11.8 Å². The summed E-state index contributed by atoms with van der Waals surface area (Å²) in [7, 11) is 0. The average molecular weight is 369 g/mol. The van der Waals surface area contributed by atoms with Gasteiger partial charge in [0, 0.05) is 35.0 Å². The summed E-state index contributed by atoms with van der Waals surface area (Å²) >= 11 is 1.68. The van der Waals surface area contributed by atoms with Crippen molar-refractivity contribution in [3.05, 3.63) is 54.4 Å². The summed E-state index contributed by atoms with van der Waals surface area (Å²) in [4.78, 5) is 32.4. The van der Waals surface area contributed by atoms with Gasteiger partial charge in [-0.3, -0.25) is 19.5 Å². The smallest absolute Gasteiger partial charge is 0.243 e. The molecule has 3 rings (SSSR count). The van der Waals surface area contributed by atoms with Crippen molar-refractivity contribution in [1.29, 1.82) is 0 Å². The van der Waals surface area contributed by atoms with E-state index in [-0.39, 0.29) is 16.6 Å². The first-order valence-corrected chi connectivity index (χ1v) is 9.46. The van der Waals surface area contributed by atoms with E-state index < -0.39 is 6.04 Å². The maximum atomic E-state index is 12.9. The van der Waals surface area contributed by atoms with Crippen molar-refractivity contribution in [3.8, 4) is 0 Å². The van der Waals surface area contributed by atoms with E-state index in [1.807, 2.05) is 36.4 Å². The number of hydrogen-bond donors (Lipinski definition) is 1. The van der Waals surface area contributed by atoms with Gasteiger partial charge in [0.05, 0.1) is 5.69 Å². The standard InChI is InChI=1S/C20H23N3O2S/c1-14(19(25)22-13-15-7-6-10-21-12-15)23-16-8-4-5-9-17(16)26-20(2,3)11-18(23)24/h4-10,12,14H,11,13H2,1-3H3,(H,22,25). The Labute approximate surface area is 158 Å². The Bertz CT molecular complexity index is 808. The van der Waals surface area contributed by atoms with Crippen molar-refractivity contribution in [2.75, 3.05) is 4.90 Å². The van der Waals surface area contributed by atoms with Crippen molar-refractivity contribution in [1.82, 2.24) is 10.3 Å². The van der Waals surface area contributed by atoms with Crippen LogP contribution < -0.4 is 10.2 Å². The van der Waals surface area contributed by atoms with E-state index in [0.717, 1.165) is 16.1 Å². The van der Waals surface area contributed by atoms with Crippen molar-refractivity contribution in [2.24, 2.45) is 0 Å². The van der Waals surface area contributed by atoms with E-state index in [2.05, 4.69) is 24.1 Å². The average Bonchev–Trinajstić information content (AvgIpc) is 2.71. The number of pyridine rings is 1. The summed E-state index contributed by atoms with van der Waals surface area (Å²) < 4.78 is -0.214. The SMILES string of the molecule is CC(C(=O)NCc1cccnc1)N1C(=O)CC(C)(C)Sc2ccccc21. The second-order valence-electron chi connectivity index (χ2n) is 7.03. The minimum absolute atomic E-state index is 0.0310. The van der Waals surface area contributed by atoms with Gasteiger partial charge in [0.25, 0.3) is 0 Å². The van der Waals surface area contributed by atoms with E-state index in [1.165, 1.54) is 0 Å². The molecule has 0 fully saturated rings. The summed E-state index contributed by atoms with van der Waals surface area (Å²) in [5.74, 6) is -0.210. The summed E-state index contributed by atoms with van der Waals surface area (Å²) in [6.07, 6.45) is 3.79. The summed E-state index contributed by atoms with van der Waals surface area (Å²) in [5, 5.41) is 2.91. The molecule has 2 heterocycles. The highest BCUT2D eigenvalue weighted by atomic mass is 32.2. The van der Waals surface area contributed by atoms with E-state index in [0.29, 0.717) is 13.0 Å². The maximum absolute atomic E-state index is 12.9. The van der Waals surface area contributed by atoms with E-state index in [4.69, 9.17) is 0 Å². The van der Waals surface area contributed by atoms with Gasteiger partial charge in [-0.25, -0.2) is 0 Å². The summed E-state index contributed by atoms with van der Waals surface area (Å²) in [5.41, 5.74) is 1.73. The number of carbonyl (C=O) groups excluding carboxylic acids is 2. The molecule has 1 atom stereocenters. The van der Waals surface area contributed by atoms with Crippen LogP contribution in [0.4, 0.5) is 5.69 Å². The molecule has 1 aliphatic heterocycles. The topological polar surface area (TPSA) is 62.3 Å². The predicted octanol–water partition coefficient (Wildman–Crippen LogP) is 3.39. The molecule has 2 aromatic rings. The maximum Gasteiger partial charge on any atom is 0.243 e. The van der Waals surface area contributed by atoms with Crippen molar-refractivity contribution in [2.45, 2.75) is 49.4 Å². The Morgan fingerprint density at radius 3 is 2.81 bits per heavy atom. The Morgan fingerprint density at radius 2 is 2.08 bits per heavy atom. The lowest BCUT2D eigenvalue weighted by Gasteiger charge is -2.28. The zero-order valence-corrected chi connectivity index (χ0v) is 16.0. The molecule has 1 aromatic carbocycles. The van der Waals surface area contributed by atoms with Gasteiger partial charge in [-0.1, -0.05) is 18.2 Å². The molecule has 1 unspecified atom stereocenters. The normalized spacial score (nSPS) is 17.2. The van der Waals surface area contributed by atoms with Gasteiger partial charge in [-0.05, 0) is 44.5 Å². The zero-order chi connectivity index (χ0) is 18.7. The van der Waals surface area contributed by atoms with Gasteiger partial charge < -0.3 is 5.32 Å². The molecule has 6 heteroatoms. The van der Waals surface area contributed by atoms with Crippen LogP contribution in [-0.2, 0) is 16.1 Å². The molecule has 0 aliphatic carbocycles. The molecule has 0 saturated heterocycles. The third kappa shape index (κ3) is 4.07. The van der Waals surface area contributed by atoms with Crippen molar-refractivity contribution >= 4 is 29.3 Å². The van der Waals surface area contributed by atoms with Crippen LogP contribution in [0.5, 0.6) is 0 Å². The molecule has 2 amide bonds. The van der Waals surface area contributed by atoms with Gasteiger partial charge in [0.15, 0.2) is 0 Å². The first-order chi connectivity index (χ1) is 12.4. The fourth-order valence-electron chi connectivity index (χ4n) is 3.04. The minimum atomic E-state index is -0.588. The molecule has 136 valence electrons. The Kier molecular flexibility index (Phi) is 5.32. The van der Waals surface area contributed by atoms with E-state index in [9.17, 15) is 9.59 Å². The number of nitrogens with one attached hydrogen (secondary N) is 1. The fraction of sp³-hybridized carbons (Fsp3) is 0.350. The lowest BCUT2D eigenvalue weighted by atomic mass is 10.1. The Morgan fingerprint density at radius 1 is 1.31 bits per heavy atom. The molecule has 1 N–H and O–H groups in total. The van der Waals surface area contributed by atoms with Crippen LogP contribution >= 0.6 is 11.8 Å². The van der Waals surface area contributed by atoms with Gasteiger partial charge in [0.1, 0.15) is 6.04 Å². The number of aromatic nitrogens is 1. The first kappa shape index (κ1) is 18.5. The van der Waals surface area contributed by atoms with Gasteiger partial charge in [-0.2, -0.15) is 0 Å². The molecule has 0 radical (unpaired) electrons. The highest BCUT2D eigenvalue weighted by molar-refractivity contribution is 8.00. The van der Waals surface area contributed by atoms with E-state index in [1.54, 1.807) is 36.0 Å². The van der Waals surface area contributed by atoms with Crippen LogP contribution in [0.2, 0.25) is 0 Å². The lowest BCUT2D eigenvalue weighted by molar-refractivity contribution is -0.126. The Balaban J connectivity index is 1.82. The first-order valence-electron chi connectivity index (χ1n) is 8.64. The number of fused-ring (bicyclic) bond motifs is 1. The third-order valence-electron chi connectivity index (χ3n) is 4.31. The monoisotopic (exact) mass is 369 g/mol. The molecule has 26 heavy (non-hydrogen) atoms. The summed E-state index contributed by atoms with van der Waals surface area (Å²) in [6.45, 7) is 6.28. The van der Waals surface area contributed by atoms with E-state index >= 15 is 0 Å². The number of nitrogens with zero attached hydrogens (tertiary/aromatic N) is 2. The highest BCUT2D eigenvalue weighted by Gasteiger charge is 2.36. The number of benzene rings is 1. The fourth-order valence-corrected chi connectivity index (χ4v) is 4.25. The quantitative estimate of drug-likeness (QED) is 0.897. The minimum Gasteiger partial charge on any atom is -0.350 e. The van der Waals surface area contributed by atoms with Crippen LogP contribution in [0.25, 0.3) is 0 Å². The molecule has 5 nitrogen and oxygen atoms in total. The van der Waals surface area contributed by atoms with Crippen LogP contribution in [0.1, 0.15) is 32.8 Å². The number of rotatable bonds is 4. The molecule has 0 spiro atoms. The van der Waals surface area contributed by atoms with Crippen LogP contribution in [0.15, 0.2) is 53.7 Å². The van der Waals surface area contributed by atoms with Crippen molar-refractivity contribution < 1.29 is 9.59 Å². The molecule has 1 aliphatic rings. The van der Waals surface area contributed by atoms with Gasteiger partial charge >= 0.3 is 0 Å².